The predicted octanol–water partition coefficient (Wildman–Crippen LogP) is 5.73. The zero-order valence-corrected chi connectivity index (χ0v) is 13.8. The number of aromatic amines is 1. The molecule has 0 unspecified atom stereocenters. The minimum atomic E-state index is -0.128. The first-order valence-electron chi connectivity index (χ1n) is 8.35. The first kappa shape index (κ1) is 13.6. The number of aliphatic imine (C=N–C) groups is 1. The number of nitrogens with zero attached hydrogens (tertiary/aromatic N) is 1. The molecule has 24 heavy (non-hydrogen) atoms. The van der Waals surface area contributed by atoms with Crippen LogP contribution in [-0.4, -0.2) is 10.7 Å². The highest BCUT2D eigenvalue weighted by Gasteiger charge is 2.37. The Morgan fingerprint density at radius 2 is 1.54 bits per heavy atom. The molecule has 0 saturated heterocycles. The number of rotatable bonds is 1. The topological polar surface area (TPSA) is 28.1 Å². The Bertz CT molecular complexity index is 1110. The summed E-state index contributed by atoms with van der Waals surface area (Å²) in [7, 11) is 0. The van der Waals surface area contributed by atoms with Crippen LogP contribution >= 0.6 is 0 Å². The normalized spacial score (nSPS) is 15.7. The summed E-state index contributed by atoms with van der Waals surface area (Å²) in [6.07, 6.45) is 0. The lowest BCUT2D eigenvalue weighted by Crippen LogP contribution is -2.26. The molecule has 5 rings (SSSR count). The van der Waals surface area contributed by atoms with Crippen molar-refractivity contribution in [3.05, 3.63) is 77.9 Å². The van der Waals surface area contributed by atoms with E-state index in [0.29, 0.717) is 0 Å². The van der Waals surface area contributed by atoms with Crippen molar-refractivity contribution in [2.24, 2.45) is 4.99 Å². The van der Waals surface area contributed by atoms with E-state index in [0.717, 1.165) is 11.4 Å². The van der Waals surface area contributed by atoms with Crippen molar-refractivity contribution in [2.45, 2.75) is 19.3 Å². The fourth-order valence-electron chi connectivity index (χ4n) is 4.03. The lowest BCUT2D eigenvalue weighted by Gasteiger charge is -2.23. The van der Waals surface area contributed by atoms with Crippen LogP contribution in [0.15, 0.2) is 71.7 Å². The van der Waals surface area contributed by atoms with Crippen LogP contribution in [0.3, 0.4) is 0 Å². The van der Waals surface area contributed by atoms with E-state index in [2.05, 4.69) is 85.6 Å². The quantitative estimate of drug-likeness (QED) is 0.465. The van der Waals surface area contributed by atoms with Crippen molar-refractivity contribution < 1.29 is 0 Å². The van der Waals surface area contributed by atoms with Crippen LogP contribution in [0.4, 0.5) is 5.69 Å². The lowest BCUT2D eigenvalue weighted by atomic mass is 9.78. The number of benzene rings is 3. The van der Waals surface area contributed by atoms with Gasteiger partial charge in [0.1, 0.15) is 0 Å². The lowest BCUT2D eigenvalue weighted by molar-refractivity contribution is 0.743. The largest absolute Gasteiger partial charge is 0.354 e. The third kappa shape index (κ3) is 1.68. The highest BCUT2D eigenvalue weighted by Crippen LogP contribution is 2.46. The minimum absolute atomic E-state index is 0.128. The third-order valence-electron chi connectivity index (χ3n) is 5.16. The Labute approximate surface area is 140 Å². The Morgan fingerprint density at radius 3 is 2.38 bits per heavy atom. The van der Waals surface area contributed by atoms with E-state index >= 15 is 0 Å². The molecule has 1 N–H and O–H groups in total. The molecule has 0 amide bonds. The zero-order chi connectivity index (χ0) is 16.3. The number of hydrogen-bond donors (Lipinski definition) is 1. The maximum absolute atomic E-state index is 4.99. The minimum Gasteiger partial charge on any atom is -0.354 e. The van der Waals surface area contributed by atoms with Gasteiger partial charge in [0, 0.05) is 27.3 Å². The first-order chi connectivity index (χ1) is 11.7. The standard InChI is InChI=1S/C22H18N2/c1-22(2)19-18(24-21(22)14-8-4-3-5-9-14)13-12-16-15-10-6-7-11-17(15)23-20(16)19/h3-13,23H,1-2H3. The molecule has 1 aliphatic heterocycles. The Balaban J connectivity index is 1.82. The van der Waals surface area contributed by atoms with Gasteiger partial charge in [-0.2, -0.15) is 0 Å². The number of aromatic nitrogens is 1. The average molecular weight is 310 g/mol. The second kappa shape index (κ2) is 4.57. The fraction of sp³-hybridized carbons (Fsp3) is 0.136. The molecule has 2 heteroatoms. The van der Waals surface area contributed by atoms with Gasteiger partial charge in [-0.15, -0.1) is 0 Å². The molecule has 1 aliphatic rings. The summed E-state index contributed by atoms with van der Waals surface area (Å²) < 4.78 is 0. The molecule has 0 saturated carbocycles. The van der Waals surface area contributed by atoms with Gasteiger partial charge in [0.15, 0.2) is 0 Å². The fourth-order valence-corrected chi connectivity index (χ4v) is 4.03. The van der Waals surface area contributed by atoms with Crippen LogP contribution in [0.1, 0.15) is 25.0 Å². The second-order valence-electron chi connectivity index (χ2n) is 7.00. The molecule has 2 heterocycles. The SMILES string of the molecule is CC1(C)C(c2ccccc2)=Nc2ccc3c([nH]c4ccccc43)c21. The van der Waals surface area contributed by atoms with Crippen LogP contribution < -0.4 is 0 Å². The monoisotopic (exact) mass is 310 g/mol. The van der Waals surface area contributed by atoms with E-state index in [9.17, 15) is 0 Å². The van der Waals surface area contributed by atoms with Crippen molar-refractivity contribution >= 4 is 33.2 Å². The number of fused-ring (bicyclic) bond motifs is 5. The second-order valence-corrected chi connectivity index (χ2v) is 7.00. The van der Waals surface area contributed by atoms with E-state index in [1.54, 1.807) is 0 Å². The molecule has 2 nitrogen and oxygen atoms in total. The van der Waals surface area contributed by atoms with Crippen LogP contribution in [0.5, 0.6) is 0 Å². The van der Waals surface area contributed by atoms with Crippen molar-refractivity contribution in [3.63, 3.8) is 0 Å². The van der Waals surface area contributed by atoms with Gasteiger partial charge in [0.05, 0.1) is 16.9 Å². The summed E-state index contributed by atoms with van der Waals surface area (Å²) in [6.45, 7) is 4.55. The van der Waals surface area contributed by atoms with Gasteiger partial charge in [-0.1, -0.05) is 54.6 Å². The van der Waals surface area contributed by atoms with Crippen LogP contribution in [-0.2, 0) is 5.41 Å². The van der Waals surface area contributed by atoms with Crippen molar-refractivity contribution in [2.75, 3.05) is 0 Å². The smallest absolute Gasteiger partial charge is 0.0696 e. The van der Waals surface area contributed by atoms with Gasteiger partial charge in [0.25, 0.3) is 0 Å². The molecule has 0 atom stereocenters. The van der Waals surface area contributed by atoms with E-state index in [-0.39, 0.29) is 5.41 Å². The van der Waals surface area contributed by atoms with Gasteiger partial charge in [-0.05, 0) is 31.5 Å². The molecule has 0 spiro atoms. The average Bonchev–Trinajstić information content (AvgIpc) is 3.10. The van der Waals surface area contributed by atoms with Crippen molar-refractivity contribution in [1.82, 2.24) is 4.98 Å². The summed E-state index contributed by atoms with van der Waals surface area (Å²) in [6, 6.07) is 23.4. The van der Waals surface area contributed by atoms with Gasteiger partial charge >= 0.3 is 0 Å². The van der Waals surface area contributed by atoms with Crippen LogP contribution in [0, 0.1) is 0 Å². The highest BCUT2D eigenvalue weighted by atomic mass is 14.8. The molecule has 0 aliphatic carbocycles. The third-order valence-corrected chi connectivity index (χ3v) is 5.16. The molecular formula is C22H18N2. The molecule has 4 aromatic rings. The molecule has 116 valence electrons. The Morgan fingerprint density at radius 1 is 0.792 bits per heavy atom. The molecule has 3 aromatic carbocycles. The maximum Gasteiger partial charge on any atom is 0.0696 e. The Kier molecular flexibility index (Phi) is 2.58. The molecule has 1 aromatic heterocycles. The summed E-state index contributed by atoms with van der Waals surface area (Å²) in [4.78, 5) is 8.62. The summed E-state index contributed by atoms with van der Waals surface area (Å²) in [5.41, 5.74) is 7.00. The highest BCUT2D eigenvalue weighted by molar-refractivity contribution is 6.18. The summed E-state index contributed by atoms with van der Waals surface area (Å²) >= 11 is 0. The zero-order valence-electron chi connectivity index (χ0n) is 13.8. The molecular weight excluding hydrogens is 292 g/mol. The van der Waals surface area contributed by atoms with Crippen molar-refractivity contribution in [3.8, 4) is 0 Å². The van der Waals surface area contributed by atoms with Gasteiger partial charge < -0.3 is 4.98 Å². The molecule has 0 radical (unpaired) electrons. The van der Waals surface area contributed by atoms with Crippen molar-refractivity contribution in [1.29, 1.82) is 0 Å². The Hall–Kier alpha value is -2.87. The summed E-state index contributed by atoms with van der Waals surface area (Å²) in [5, 5.41) is 2.56. The number of para-hydroxylation sites is 1. The van der Waals surface area contributed by atoms with Crippen LogP contribution in [0.2, 0.25) is 0 Å². The van der Waals surface area contributed by atoms with Gasteiger partial charge in [0.2, 0.25) is 0 Å². The summed E-state index contributed by atoms with van der Waals surface area (Å²) in [5.74, 6) is 0. The molecule has 0 fully saturated rings. The van der Waals surface area contributed by atoms with E-state index < -0.39 is 0 Å². The van der Waals surface area contributed by atoms with E-state index in [1.807, 2.05) is 0 Å². The van der Waals surface area contributed by atoms with Gasteiger partial charge in [-0.25, -0.2) is 0 Å². The number of nitrogens with one attached hydrogen (secondary N) is 1. The predicted molar refractivity (Wildman–Crippen MR) is 101 cm³/mol. The maximum atomic E-state index is 4.99. The van der Waals surface area contributed by atoms with Crippen LogP contribution in [0.25, 0.3) is 21.8 Å². The van der Waals surface area contributed by atoms with E-state index in [1.165, 1.54) is 32.9 Å². The number of hydrogen-bond acceptors (Lipinski definition) is 1. The number of H-pyrrole nitrogens is 1. The molecule has 0 bridgehead atoms. The first-order valence-corrected chi connectivity index (χ1v) is 8.35. The van der Waals surface area contributed by atoms with E-state index in [4.69, 9.17) is 4.99 Å². The van der Waals surface area contributed by atoms with Gasteiger partial charge in [-0.3, -0.25) is 4.99 Å².